The molecule has 8 heteroatoms. The number of nitro benzene ring substituents is 1. The van der Waals surface area contributed by atoms with E-state index >= 15 is 0 Å². The number of aryl methyl sites for hydroxylation is 2. The summed E-state index contributed by atoms with van der Waals surface area (Å²) in [5.74, 6) is -0.729. The van der Waals surface area contributed by atoms with E-state index in [2.05, 4.69) is 4.98 Å². The minimum Gasteiger partial charge on any atom is -0.508 e. The standard InChI is InChI=1S/C15H17N3O4S/c1-8-14(23-10(3)16-8)9(2)17(4)15(20)12-6-5-11(19)7-13(12)18(21)22/h5-7,9,19H,1-4H3/t9-/m1/s1. The summed E-state index contributed by atoms with van der Waals surface area (Å²) in [6.07, 6.45) is 0. The van der Waals surface area contributed by atoms with Crippen LogP contribution in [-0.2, 0) is 0 Å². The highest BCUT2D eigenvalue weighted by Gasteiger charge is 2.28. The fraction of sp³-hybridized carbons (Fsp3) is 0.333. The van der Waals surface area contributed by atoms with Crippen molar-refractivity contribution in [1.82, 2.24) is 9.88 Å². The Balaban J connectivity index is 2.37. The molecule has 2 aromatic rings. The molecule has 0 aliphatic rings. The zero-order chi connectivity index (χ0) is 17.3. The van der Waals surface area contributed by atoms with Gasteiger partial charge in [-0.15, -0.1) is 11.3 Å². The molecule has 1 N–H and O–H groups in total. The van der Waals surface area contributed by atoms with Gasteiger partial charge in [-0.3, -0.25) is 14.9 Å². The minimum absolute atomic E-state index is 0.0546. The maximum atomic E-state index is 12.6. The third kappa shape index (κ3) is 3.31. The van der Waals surface area contributed by atoms with Gasteiger partial charge in [-0.1, -0.05) is 0 Å². The molecule has 0 aliphatic carbocycles. The van der Waals surface area contributed by atoms with E-state index in [1.807, 2.05) is 20.8 Å². The van der Waals surface area contributed by atoms with Crippen LogP contribution >= 0.6 is 11.3 Å². The van der Waals surface area contributed by atoms with Crippen LogP contribution in [0.1, 0.15) is 38.9 Å². The molecular weight excluding hydrogens is 318 g/mol. The lowest BCUT2D eigenvalue weighted by Gasteiger charge is -2.24. The molecular formula is C15H17N3O4S. The number of phenols is 1. The number of aromatic hydroxyl groups is 1. The number of carbonyl (C=O) groups is 1. The average Bonchev–Trinajstić information content (AvgIpc) is 2.83. The van der Waals surface area contributed by atoms with Gasteiger partial charge in [0.05, 0.1) is 27.7 Å². The molecule has 0 radical (unpaired) electrons. The van der Waals surface area contributed by atoms with Crippen molar-refractivity contribution < 1.29 is 14.8 Å². The monoisotopic (exact) mass is 335 g/mol. The van der Waals surface area contributed by atoms with E-state index in [9.17, 15) is 20.0 Å². The van der Waals surface area contributed by atoms with Gasteiger partial charge < -0.3 is 10.0 Å². The van der Waals surface area contributed by atoms with Crippen LogP contribution in [0.5, 0.6) is 5.75 Å². The van der Waals surface area contributed by atoms with Crippen LogP contribution in [0, 0.1) is 24.0 Å². The number of carbonyl (C=O) groups excluding carboxylic acids is 1. The van der Waals surface area contributed by atoms with Crippen molar-refractivity contribution in [3.05, 3.63) is 49.5 Å². The predicted octanol–water partition coefficient (Wildman–Crippen LogP) is 3.21. The van der Waals surface area contributed by atoms with Crippen molar-refractivity contribution in [2.24, 2.45) is 0 Å². The lowest BCUT2D eigenvalue weighted by atomic mass is 10.1. The van der Waals surface area contributed by atoms with Gasteiger partial charge in [-0.25, -0.2) is 4.98 Å². The average molecular weight is 335 g/mol. The van der Waals surface area contributed by atoms with Crippen LogP contribution in [0.4, 0.5) is 5.69 Å². The van der Waals surface area contributed by atoms with E-state index in [0.717, 1.165) is 21.6 Å². The number of rotatable bonds is 4. The number of benzene rings is 1. The summed E-state index contributed by atoms with van der Waals surface area (Å²) >= 11 is 1.50. The summed E-state index contributed by atoms with van der Waals surface area (Å²) in [6.45, 7) is 5.61. The fourth-order valence-corrected chi connectivity index (χ4v) is 3.35. The van der Waals surface area contributed by atoms with Gasteiger partial charge in [0.15, 0.2) is 0 Å². The van der Waals surface area contributed by atoms with E-state index in [4.69, 9.17) is 0 Å². The Labute approximate surface area is 137 Å². The maximum Gasteiger partial charge on any atom is 0.285 e. The number of amides is 1. The Kier molecular flexibility index (Phi) is 4.65. The highest BCUT2D eigenvalue weighted by Crippen LogP contribution is 2.31. The highest BCUT2D eigenvalue weighted by atomic mass is 32.1. The molecule has 0 saturated carbocycles. The first-order valence-corrected chi connectivity index (χ1v) is 7.72. The molecule has 0 spiro atoms. The van der Waals surface area contributed by atoms with Crippen LogP contribution < -0.4 is 0 Å². The third-order valence-electron chi connectivity index (χ3n) is 3.63. The molecule has 1 aromatic heterocycles. The number of nitro groups is 1. The summed E-state index contributed by atoms with van der Waals surface area (Å²) in [5.41, 5.74) is 0.382. The summed E-state index contributed by atoms with van der Waals surface area (Å²) < 4.78 is 0. The van der Waals surface area contributed by atoms with E-state index in [-0.39, 0.29) is 17.4 Å². The number of hydrogen-bond donors (Lipinski definition) is 1. The van der Waals surface area contributed by atoms with Crippen molar-refractivity contribution in [1.29, 1.82) is 0 Å². The Morgan fingerprint density at radius 3 is 2.61 bits per heavy atom. The fourth-order valence-electron chi connectivity index (χ4n) is 2.33. The van der Waals surface area contributed by atoms with Crippen molar-refractivity contribution in [3.8, 4) is 5.75 Å². The minimum atomic E-state index is -0.673. The van der Waals surface area contributed by atoms with Gasteiger partial charge in [0.2, 0.25) is 0 Å². The van der Waals surface area contributed by atoms with Gasteiger partial charge in [0.1, 0.15) is 11.3 Å². The molecule has 7 nitrogen and oxygen atoms in total. The largest absolute Gasteiger partial charge is 0.508 e. The SMILES string of the molecule is Cc1nc(C)c([C@@H](C)N(C)C(=O)c2ccc(O)cc2[N+](=O)[O-])s1. The molecule has 122 valence electrons. The molecule has 0 saturated heterocycles. The molecule has 0 unspecified atom stereocenters. The van der Waals surface area contributed by atoms with Crippen LogP contribution in [0.25, 0.3) is 0 Å². The second kappa shape index (κ2) is 6.33. The van der Waals surface area contributed by atoms with Gasteiger partial charge in [-0.05, 0) is 32.9 Å². The maximum absolute atomic E-state index is 12.6. The van der Waals surface area contributed by atoms with Gasteiger partial charge in [0.25, 0.3) is 11.6 Å². The van der Waals surface area contributed by atoms with Crippen LogP contribution in [0.2, 0.25) is 0 Å². The molecule has 23 heavy (non-hydrogen) atoms. The highest BCUT2D eigenvalue weighted by molar-refractivity contribution is 7.11. The molecule has 0 bridgehead atoms. The summed E-state index contributed by atoms with van der Waals surface area (Å²) in [7, 11) is 1.60. The lowest BCUT2D eigenvalue weighted by Crippen LogP contribution is -2.30. The molecule has 2 rings (SSSR count). The number of hydrogen-bond acceptors (Lipinski definition) is 6. The first kappa shape index (κ1) is 16.9. The van der Waals surface area contributed by atoms with Crippen LogP contribution in [0.3, 0.4) is 0 Å². The second-order valence-electron chi connectivity index (χ2n) is 5.23. The smallest absolute Gasteiger partial charge is 0.285 e. The molecule has 0 fully saturated rings. The van der Waals surface area contributed by atoms with E-state index in [0.29, 0.717) is 0 Å². The molecule has 1 heterocycles. The van der Waals surface area contributed by atoms with Crippen molar-refractivity contribution >= 4 is 22.9 Å². The molecule has 1 atom stereocenters. The summed E-state index contributed by atoms with van der Waals surface area (Å²) in [6, 6.07) is 3.25. The first-order valence-electron chi connectivity index (χ1n) is 6.91. The zero-order valence-corrected chi connectivity index (χ0v) is 14.0. The van der Waals surface area contributed by atoms with Crippen molar-refractivity contribution in [2.75, 3.05) is 7.05 Å². The van der Waals surface area contributed by atoms with E-state index in [1.165, 1.54) is 28.4 Å². The molecule has 0 aliphatic heterocycles. The summed E-state index contributed by atoms with van der Waals surface area (Å²) in [5, 5.41) is 21.4. The van der Waals surface area contributed by atoms with Crippen molar-refractivity contribution in [2.45, 2.75) is 26.8 Å². The topological polar surface area (TPSA) is 96.6 Å². The van der Waals surface area contributed by atoms with Gasteiger partial charge in [0, 0.05) is 11.9 Å². The second-order valence-corrected chi connectivity index (χ2v) is 6.47. The Morgan fingerprint density at radius 1 is 1.43 bits per heavy atom. The molecule has 1 amide bonds. The third-order valence-corrected chi connectivity index (χ3v) is 4.87. The number of aromatic nitrogens is 1. The number of phenolic OH excluding ortho intramolecular Hbond substituents is 1. The van der Waals surface area contributed by atoms with Crippen LogP contribution in [0.15, 0.2) is 18.2 Å². The van der Waals surface area contributed by atoms with E-state index < -0.39 is 16.5 Å². The Bertz CT molecular complexity index is 772. The predicted molar refractivity (Wildman–Crippen MR) is 86.9 cm³/mol. The quantitative estimate of drug-likeness (QED) is 0.683. The normalized spacial score (nSPS) is 12.0. The van der Waals surface area contributed by atoms with E-state index in [1.54, 1.807) is 7.05 Å². The number of nitrogens with zero attached hydrogens (tertiary/aromatic N) is 3. The summed E-state index contributed by atoms with van der Waals surface area (Å²) in [4.78, 5) is 29.8. The van der Waals surface area contributed by atoms with Gasteiger partial charge >= 0.3 is 0 Å². The van der Waals surface area contributed by atoms with Crippen LogP contribution in [-0.4, -0.2) is 32.9 Å². The van der Waals surface area contributed by atoms with Crippen molar-refractivity contribution in [3.63, 3.8) is 0 Å². The first-order chi connectivity index (χ1) is 10.7. The Morgan fingerprint density at radius 2 is 2.09 bits per heavy atom. The molecule has 1 aromatic carbocycles. The zero-order valence-electron chi connectivity index (χ0n) is 13.2. The Hall–Kier alpha value is -2.48. The lowest BCUT2D eigenvalue weighted by molar-refractivity contribution is -0.385. The van der Waals surface area contributed by atoms with Gasteiger partial charge in [-0.2, -0.15) is 0 Å². The number of thiazole rings is 1.